The minimum absolute atomic E-state index is 0.0752. The summed E-state index contributed by atoms with van der Waals surface area (Å²) in [6.07, 6.45) is 0. The third kappa shape index (κ3) is 1.63. The summed E-state index contributed by atoms with van der Waals surface area (Å²) in [5, 5.41) is 16.7. The molecular formula is C8H8N6O2. The van der Waals surface area contributed by atoms with Crippen molar-refractivity contribution in [3.63, 3.8) is 0 Å². The molecule has 0 radical (unpaired) electrons. The van der Waals surface area contributed by atoms with Crippen LogP contribution in [0.25, 0.3) is 11.4 Å². The number of hydrogen-bond donors (Lipinski definition) is 3. The Morgan fingerprint density at radius 1 is 1.38 bits per heavy atom. The van der Waals surface area contributed by atoms with Gasteiger partial charge in [0, 0.05) is 23.4 Å². The second-order valence-electron chi connectivity index (χ2n) is 3.07. The van der Waals surface area contributed by atoms with Crippen LogP contribution in [0.15, 0.2) is 18.2 Å². The second kappa shape index (κ2) is 3.50. The summed E-state index contributed by atoms with van der Waals surface area (Å²) in [5.74, 6) is 0.470. The van der Waals surface area contributed by atoms with Crippen molar-refractivity contribution in [2.45, 2.75) is 0 Å². The summed E-state index contributed by atoms with van der Waals surface area (Å²) in [6, 6.07) is 4.09. The van der Waals surface area contributed by atoms with Crippen LogP contribution in [-0.2, 0) is 0 Å². The topological polar surface area (TPSA) is 137 Å². The molecule has 0 aliphatic heterocycles. The van der Waals surface area contributed by atoms with E-state index < -0.39 is 4.92 Å². The van der Waals surface area contributed by atoms with Crippen LogP contribution in [0.2, 0.25) is 0 Å². The number of aromatic nitrogens is 3. The average Bonchev–Trinajstić information content (AvgIpc) is 2.64. The fourth-order valence-corrected chi connectivity index (χ4v) is 1.27. The Labute approximate surface area is 89.4 Å². The number of anilines is 2. The Morgan fingerprint density at radius 2 is 2.12 bits per heavy atom. The van der Waals surface area contributed by atoms with E-state index in [1.54, 1.807) is 0 Å². The maximum absolute atomic E-state index is 10.5. The van der Waals surface area contributed by atoms with Crippen LogP contribution >= 0.6 is 0 Å². The SMILES string of the molecule is Nc1n[nH]c(-c2ccc([N+](=O)[O-])cc2N)n1. The van der Waals surface area contributed by atoms with Gasteiger partial charge in [-0.1, -0.05) is 0 Å². The van der Waals surface area contributed by atoms with Crippen molar-refractivity contribution in [3.8, 4) is 11.4 Å². The molecule has 0 aliphatic carbocycles. The maximum Gasteiger partial charge on any atom is 0.271 e. The number of non-ortho nitro benzene ring substituents is 1. The molecule has 2 rings (SSSR count). The molecule has 8 heteroatoms. The molecule has 0 saturated heterocycles. The minimum atomic E-state index is -0.519. The van der Waals surface area contributed by atoms with Crippen molar-refractivity contribution < 1.29 is 4.92 Å². The number of nitrogens with two attached hydrogens (primary N) is 2. The number of aromatic amines is 1. The first kappa shape index (κ1) is 9.90. The fourth-order valence-electron chi connectivity index (χ4n) is 1.27. The molecule has 8 nitrogen and oxygen atoms in total. The van der Waals surface area contributed by atoms with Gasteiger partial charge in [0.15, 0.2) is 5.82 Å². The first-order valence-corrected chi connectivity index (χ1v) is 4.30. The van der Waals surface area contributed by atoms with Crippen LogP contribution in [0.5, 0.6) is 0 Å². The van der Waals surface area contributed by atoms with Crippen molar-refractivity contribution >= 4 is 17.3 Å². The molecule has 1 aromatic heterocycles. The van der Waals surface area contributed by atoms with Gasteiger partial charge < -0.3 is 11.5 Å². The third-order valence-electron chi connectivity index (χ3n) is 2.00. The van der Waals surface area contributed by atoms with Gasteiger partial charge in [0.1, 0.15) is 0 Å². The molecule has 16 heavy (non-hydrogen) atoms. The van der Waals surface area contributed by atoms with Crippen LogP contribution in [0, 0.1) is 10.1 Å². The van der Waals surface area contributed by atoms with Crippen molar-refractivity contribution in [3.05, 3.63) is 28.3 Å². The molecule has 0 atom stereocenters. The molecule has 82 valence electrons. The van der Waals surface area contributed by atoms with Crippen LogP contribution in [0.3, 0.4) is 0 Å². The third-order valence-corrected chi connectivity index (χ3v) is 2.00. The molecule has 0 spiro atoms. The quantitative estimate of drug-likeness (QED) is 0.383. The number of H-pyrrole nitrogens is 1. The Hall–Kier alpha value is -2.64. The van der Waals surface area contributed by atoms with E-state index in [0.29, 0.717) is 11.4 Å². The van der Waals surface area contributed by atoms with Gasteiger partial charge in [-0.05, 0) is 6.07 Å². The van der Waals surface area contributed by atoms with Gasteiger partial charge in [0.05, 0.1) is 4.92 Å². The van der Waals surface area contributed by atoms with Gasteiger partial charge in [0.25, 0.3) is 5.69 Å². The molecule has 1 aromatic carbocycles. The fraction of sp³-hybridized carbons (Fsp3) is 0. The normalized spacial score (nSPS) is 10.2. The van der Waals surface area contributed by atoms with E-state index in [-0.39, 0.29) is 17.3 Å². The number of benzene rings is 1. The standard InChI is InChI=1S/C8H8N6O2/c9-6-3-4(14(15)16)1-2-5(6)7-11-8(10)13-12-7/h1-3H,9H2,(H3,10,11,12,13). The highest BCUT2D eigenvalue weighted by Gasteiger charge is 2.12. The molecule has 0 amide bonds. The number of nitrogens with zero attached hydrogens (tertiary/aromatic N) is 3. The first-order chi connectivity index (χ1) is 7.58. The van der Waals surface area contributed by atoms with Crippen LogP contribution in [0.1, 0.15) is 0 Å². The highest BCUT2D eigenvalue weighted by atomic mass is 16.6. The van der Waals surface area contributed by atoms with E-state index in [1.165, 1.54) is 18.2 Å². The summed E-state index contributed by atoms with van der Waals surface area (Å²) in [6.45, 7) is 0. The Kier molecular flexibility index (Phi) is 2.16. The van der Waals surface area contributed by atoms with Gasteiger partial charge in [0.2, 0.25) is 5.95 Å². The van der Waals surface area contributed by atoms with Crippen LogP contribution < -0.4 is 11.5 Å². The van der Waals surface area contributed by atoms with Gasteiger partial charge in [-0.15, -0.1) is 5.10 Å². The monoisotopic (exact) mass is 220 g/mol. The summed E-state index contributed by atoms with van der Waals surface area (Å²) < 4.78 is 0. The number of nitro groups is 1. The van der Waals surface area contributed by atoms with E-state index in [4.69, 9.17) is 11.5 Å². The molecule has 0 fully saturated rings. The molecule has 2 aromatic rings. The summed E-state index contributed by atoms with van der Waals surface area (Å²) in [5.41, 5.74) is 11.7. The van der Waals surface area contributed by atoms with Gasteiger partial charge in [-0.25, -0.2) is 0 Å². The number of rotatable bonds is 2. The lowest BCUT2D eigenvalue weighted by atomic mass is 10.1. The van der Waals surface area contributed by atoms with E-state index in [9.17, 15) is 10.1 Å². The number of nitro benzene ring substituents is 1. The smallest absolute Gasteiger partial charge is 0.271 e. The van der Waals surface area contributed by atoms with E-state index in [1.807, 2.05) is 0 Å². The zero-order chi connectivity index (χ0) is 11.7. The van der Waals surface area contributed by atoms with Crippen LogP contribution in [-0.4, -0.2) is 20.1 Å². The van der Waals surface area contributed by atoms with E-state index >= 15 is 0 Å². The Morgan fingerprint density at radius 3 is 2.62 bits per heavy atom. The predicted molar refractivity (Wildman–Crippen MR) is 57.3 cm³/mol. The van der Waals surface area contributed by atoms with Gasteiger partial charge in [-0.3, -0.25) is 15.2 Å². The molecule has 1 heterocycles. The van der Waals surface area contributed by atoms with Crippen molar-refractivity contribution in [1.29, 1.82) is 0 Å². The Balaban J connectivity index is 2.47. The second-order valence-corrected chi connectivity index (χ2v) is 3.07. The Bertz CT molecular complexity index is 549. The first-order valence-electron chi connectivity index (χ1n) is 4.30. The zero-order valence-electron chi connectivity index (χ0n) is 8.04. The number of hydrogen-bond acceptors (Lipinski definition) is 6. The molecule has 0 unspecified atom stereocenters. The zero-order valence-corrected chi connectivity index (χ0v) is 8.04. The molecule has 0 bridgehead atoms. The molecule has 0 saturated carbocycles. The lowest BCUT2D eigenvalue weighted by Gasteiger charge is -2.00. The average molecular weight is 220 g/mol. The molecule has 0 aliphatic rings. The highest BCUT2D eigenvalue weighted by molar-refractivity contribution is 5.74. The number of nitrogen functional groups attached to an aromatic ring is 2. The summed E-state index contributed by atoms with van der Waals surface area (Å²) >= 11 is 0. The van der Waals surface area contributed by atoms with Crippen LogP contribution in [0.4, 0.5) is 17.3 Å². The van der Waals surface area contributed by atoms with Gasteiger partial charge in [-0.2, -0.15) is 4.98 Å². The minimum Gasteiger partial charge on any atom is -0.398 e. The molecular weight excluding hydrogens is 212 g/mol. The lowest BCUT2D eigenvalue weighted by molar-refractivity contribution is -0.384. The lowest BCUT2D eigenvalue weighted by Crippen LogP contribution is -1.95. The predicted octanol–water partition coefficient (Wildman–Crippen LogP) is 0.544. The largest absolute Gasteiger partial charge is 0.398 e. The molecule has 5 N–H and O–H groups in total. The summed E-state index contributed by atoms with van der Waals surface area (Å²) in [4.78, 5) is 13.9. The van der Waals surface area contributed by atoms with Crippen molar-refractivity contribution in [1.82, 2.24) is 15.2 Å². The maximum atomic E-state index is 10.5. The van der Waals surface area contributed by atoms with Crippen molar-refractivity contribution in [2.24, 2.45) is 0 Å². The van der Waals surface area contributed by atoms with E-state index in [2.05, 4.69) is 15.2 Å². The van der Waals surface area contributed by atoms with Crippen molar-refractivity contribution in [2.75, 3.05) is 11.5 Å². The van der Waals surface area contributed by atoms with Gasteiger partial charge >= 0.3 is 0 Å². The number of nitrogens with one attached hydrogen (secondary N) is 1. The van der Waals surface area contributed by atoms with E-state index in [0.717, 1.165) is 0 Å². The summed E-state index contributed by atoms with van der Waals surface area (Å²) in [7, 11) is 0. The highest BCUT2D eigenvalue weighted by Crippen LogP contribution is 2.26.